The monoisotopic (exact) mass is 219 g/mol. The molecular weight excluding hydrogens is 194 g/mol. The summed E-state index contributed by atoms with van der Waals surface area (Å²) in [4.78, 5) is 0. The van der Waals surface area contributed by atoms with Gasteiger partial charge < -0.3 is 5.73 Å². The first-order valence-corrected chi connectivity index (χ1v) is 6.25. The second-order valence-electron chi connectivity index (χ2n) is 5.64. The van der Waals surface area contributed by atoms with Gasteiger partial charge in [0.2, 0.25) is 0 Å². The molecule has 0 bridgehead atoms. The molecule has 0 aliphatic rings. The van der Waals surface area contributed by atoms with Crippen molar-refractivity contribution in [3.8, 4) is 0 Å². The van der Waals surface area contributed by atoms with Gasteiger partial charge in [-0.15, -0.1) is 0 Å². The number of aryl methyl sites for hydroxylation is 2. The molecule has 0 unspecified atom stereocenters. The Morgan fingerprint density at radius 2 is 1.81 bits per heavy atom. The Kier molecular flexibility index (Phi) is 4.55. The predicted molar refractivity (Wildman–Crippen MR) is 71.9 cm³/mol. The molecule has 0 radical (unpaired) electrons. The van der Waals surface area contributed by atoms with E-state index in [1.54, 1.807) is 0 Å². The lowest BCUT2D eigenvalue weighted by molar-refractivity contribution is 0.589. The van der Waals surface area contributed by atoms with Crippen LogP contribution in [0, 0.1) is 6.92 Å². The lowest BCUT2D eigenvalue weighted by Gasteiger charge is -2.20. The first-order chi connectivity index (χ1) is 7.45. The van der Waals surface area contributed by atoms with Gasteiger partial charge in [-0.25, -0.2) is 0 Å². The summed E-state index contributed by atoms with van der Waals surface area (Å²) in [6, 6.07) is 6.88. The fraction of sp³-hybridized carbons (Fsp3) is 0.600. The molecule has 0 fully saturated rings. The Morgan fingerprint density at radius 3 is 2.31 bits per heavy atom. The molecular formula is C15H25N. The van der Waals surface area contributed by atoms with Crippen LogP contribution < -0.4 is 5.73 Å². The molecule has 1 aromatic rings. The molecule has 0 aliphatic heterocycles. The molecule has 1 heteroatoms. The van der Waals surface area contributed by atoms with Gasteiger partial charge in [-0.05, 0) is 54.8 Å². The zero-order chi connectivity index (χ0) is 12.2. The van der Waals surface area contributed by atoms with E-state index in [0.717, 1.165) is 19.4 Å². The summed E-state index contributed by atoms with van der Waals surface area (Å²) in [6.07, 6.45) is 3.49. The van der Waals surface area contributed by atoms with E-state index in [9.17, 15) is 0 Å². The lowest BCUT2D eigenvalue weighted by atomic mass is 9.85. The highest BCUT2D eigenvalue weighted by atomic mass is 14.5. The zero-order valence-electron chi connectivity index (χ0n) is 11.1. The average Bonchev–Trinajstić information content (AvgIpc) is 2.19. The Balaban J connectivity index is 2.76. The van der Waals surface area contributed by atoms with Gasteiger partial charge >= 0.3 is 0 Å². The van der Waals surface area contributed by atoms with E-state index in [1.807, 2.05) is 0 Å². The van der Waals surface area contributed by atoms with Crippen LogP contribution in [0.3, 0.4) is 0 Å². The van der Waals surface area contributed by atoms with Crippen LogP contribution >= 0.6 is 0 Å². The first-order valence-electron chi connectivity index (χ1n) is 6.25. The number of rotatable bonds is 4. The van der Waals surface area contributed by atoms with E-state index in [2.05, 4.69) is 45.9 Å². The van der Waals surface area contributed by atoms with Gasteiger partial charge in [-0.3, -0.25) is 0 Å². The maximum Gasteiger partial charge on any atom is -0.00772 e. The van der Waals surface area contributed by atoms with Crippen molar-refractivity contribution in [3.05, 3.63) is 34.9 Å². The normalized spacial score (nSPS) is 11.8. The second-order valence-corrected chi connectivity index (χ2v) is 5.64. The summed E-state index contributed by atoms with van der Waals surface area (Å²) >= 11 is 0. The number of hydrogen-bond acceptors (Lipinski definition) is 1. The van der Waals surface area contributed by atoms with Gasteiger partial charge in [-0.1, -0.05) is 39.0 Å². The van der Waals surface area contributed by atoms with Gasteiger partial charge in [0.05, 0.1) is 0 Å². The maximum atomic E-state index is 5.51. The molecule has 1 nitrogen and oxygen atoms in total. The van der Waals surface area contributed by atoms with Crippen LogP contribution in [0.25, 0.3) is 0 Å². The van der Waals surface area contributed by atoms with E-state index < -0.39 is 0 Å². The third-order valence-corrected chi connectivity index (χ3v) is 3.11. The summed E-state index contributed by atoms with van der Waals surface area (Å²) in [5.74, 6) is 0. The molecule has 1 aromatic carbocycles. The minimum Gasteiger partial charge on any atom is -0.330 e. The molecule has 0 spiro atoms. The van der Waals surface area contributed by atoms with Gasteiger partial charge in [-0.2, -0.15) is 0 Å². The molecule has 0 atom stereocenters. The van der Waals surface area contributed by atoms with Crippen LogP contribution in [-0.2, 0) is 11.8 Å². The van der Waals surface area contributed by atoms with Crippen LogP contribution in [0.4, 0.5) is 0 Å². The molecule has 0 aromatic heterocycles. The summed E-state index contributed by atoms with van der Waals surface area (Å²) in [5, 5.41) is 0. The third kappa shape index (κ3) is 3.64. The fourth-order valence-electron chi connectivity index (χ4n) is 1.90. The van der Waals surface area contributed by atoms with E-state index >= 15 is 0 Å². The van der Waals surface area contributed by atoms with Gasteiger partial charge in [0, 0.05) is 0 Å². The largest absolute Gasteiger partial charge is 0.330 e. The molecule has 0 amide bonds. The van der Waals surface area contributed by atoms with E-state index in [0.29, 0.717) is 0 Å². The Hall–Kier alpha value is -0.820. The highest BCUT2D eigenvalue weighted by Gasteiger charge is 2.14. The standard InChI is InChI=1S/C15H25N/c1-12-11-14(15(2,3)4)9-8-13(12)7-5-6-10-16/h8-9,11H,5-7,10,16H2,1-4H3. The minimum absolute atomic E-state index is 0.251. The van der Waals surface area contributed by atoms with Crippen molar-refractivity contribution < 1.29 is 0 Å². The van der Waals surface area contributed by atoms with Gasteiger partial charge in [0.1, 0.15) is 0 Å². The highest BCUT2D eigenvalue weighted by molar-refractivity contribution is 5.34. The van der Waals surface area contributed by atoms with Gasteiger partial charge in [0.15, 0.2) is 0 Å². The summed E-state index contributed by atoms with van der Waals surface area (Å²) in [5.41, 5.74) is 10.1. The van der Waals surface area contributed by atoms with E-state index in [4.69, 9.17) is 5.73 Å². The number of nitrogens with two attached hydrogens (primary N) is 1. The summed E-state index contributed by atoms with van der Waals surface area (Å²) < 4.78 is 0. The topological polar surface area (TPSA) is 26.0 Å². The molecule has 0 heterocycles. The Labute approximate surface area is 100 Å². The van der Waals surface area contributed by atoms with Gasteiger partial charge in [0.25, 0.3) is 0 Å². The SMILES string of the molecule is Cc1cc(C(C)(C)C)ccc1CCCCN. The molecule has 1 rings (SSSR count). The second kappa shape index (κ2) is 5.49. The van der Waals surface area contributed by atoms with Crippen molar-refractivity contribution in [2.24, 2.45) is 5.73 Å². The zero-order valence-corrected chi connectivity index (χ0v) is 11.1. The van der Waals surface area contributed by atoms with Crippen molar-refractivity contribution in [1.29, 1.82) is 0 Å². The molecule has 0 saturated carbocycles. The molecule has 0 saturated heterocycles. The van der Waals surface area contributed by atoms with Crippen LogP contribution in [0.1, 0.15) is 50.3 Å². The third-order valence-electron chi connectivity index (χ3n) is 3.11. The molecule has 90 valence electrons. The van der Waals surface area contributed by atoms with Crippen molar-refractivity contribution in [1.82, 2.24) is 0 Å². The number of hydrogen-bond donors (Lipinski definition) is 1. The molecule has 0 aliphatic carbocycles. The Morgan fingerprint density at radius 1 is 1.12 bits per heavy atom. The van der Waals surface area contributed by atoms with Crippen molar-refractivity contribution in [3.63, 3.8) is 0 Å². The van der Waals surface area contributed by atoms with E-state index in [-0.39, 0.29) is 5.41 Å². The lowest BCUT2D eigenvalue weighted by Crippen LogP contribution is -2.11. The van der Waals surface area contributed by atoms with Crippen LogP contribution in [0.2, 0.25) is 0 Å². The molecule has 2 N–H and O–H groups in total. The quantitative estimate of drug-likeness (QED) is 0.770. The minimum atomic E-state index is 0.251. The Bertz CT molecular complexity index is 334. The summed E-state index contributed by atoms with van der Waals surface area (Å²) in [7, 11) is 0. The fourth-order valence-corrected chi connectivity index (χ4v) is 1.90. The predicted octanol–water partition coefficient (Wildman–Crippen LogP) is 3.57. The first kappa shape index (κ1) is 13.2. The van der Waals surface area contributed by atoms with Crippen LogP contribution in [0.5, 0.6) is 0 Å². The number of unbranched alkanes of at least 4 members (excludes halogenated alkanes) is 1. The van der Waals surface area contributed by atoms with Crippen LogP contribution in [-0.4, -0.2) is 6.54 Å². The highest BCUT2D eigenvalue weighted by Crippen LogP contribution is 2.24. The summed E-state index contributed by atoms with van der Waals surface area (Å²) in [6.45, 7) is 9.80. The maximum absolute atomic E-state index is 5.51. The van der Waals surface area contributed by atoms with Crippen LogP contribution in [0.15, 0.2) is 18.2 Å². The van der Waals surface area contributed by atoms with Crippen molar-refractivity contribution >= 4 is 0 Å². The van der Waals surface area contributed by atoms with Crippen molar-refractivity contribution in [2.75, 3.05) is 6.54 Å². The average molecular weight is 219 g/mol. The smallest absolute Gasteiger partial charge is 0.00772 e. The molecule has 16 heavy (non-hydrogen) atoms. The van der Waals surface area contributed by atoms with E-state index in [1.165, 1.54) is 23.1 Å². The number of benzene rings is 1. The van der Waals surface area contributed by atoms with Crippen molar-refractivity contribution in [2.45, 2.75) is 52.4 Å².